The van der Waals surface area contributed by atoms with Gasteiger partial charge in [0.05, 0.1) is 18.0 Å². The van der Waals surface area contributed by atoms with Crippen molar-refractivity contribution in [2.75, 3.05) is 6.61 Å². The number of nitro groups is 1. The number of nitro benzene ring substituents is 1. The highest BCUT2D eigenvalue weighted by molar-refractivity contribution is 5.88. The highest BCUT2D eigenvalue weighted by atomic mass is 16.6. The number of carbonyl (C=O) groups is 3. The molecule has 0 aliphatic carbocycles. The second-order valence-electron chi connectivity index (χ2n) is 6.90. The molecule has 0 heterocycles. The van der Waals surface area contributed by atoms with Gasteiger partial charge >= 0.3 is 5.97 Å². The molecule has 0 saturated carbocycles. The largest absolute Gasteiger partial charge is 0.466 e. The van der Waals surface area contributed by atoms with Crippen LogP contribution in [0.5, 0.6) is 0 Å². The number of aryl methyl sites for hydroxylation is 1. The second kappa shape index (κ2) is 11.4. The third-order valence-electron chi connectivity index (χ3n) is 4.73. The van der Waals surface area contributed by atoms with E-state index in [0.29, 0.717) is 12.0 Å². The fourth-order valence-corrected chi connectivity index (χ4v) is 3.19. The van der Waals surface area contributed by atoms with E-state index in [0.717, 1.165) is 5.56 Å². The van der Waals surface area contributed by atoms with Crippen LogP contribution >= 0.6 is 0 Å². The van der Waals surface area contributed by atoms with Crippen LogP contribution in [0.2, 0.25) is 0 Å². The van der Waals surface area contributed by atoms with Crippen molar-refractivity contribution in [2.24, 2.45) is 5.73 Å². The number of carbonyl (C=O) groups excluding carboxylic acids is 3. The summed E-state index contributed by atoms with van der Waals surface area (Å²) >= 11 is 0. The van der Waals surface area contributed by atoms with Crippen molar-refractivity contribution in [3.8, 4) is 0 Å². The van der Waals surface area contributed by atoms with Crippen molar-refractivity contribution < 1.29 is 24.0 Å². The number of benzene rings is 2. The van der Waals surface area contributed by atoms with Crippen LogP contribution in [0.1, 0.15) is 36.8 Å². The van der Waals surface area contributed by atoms with Crippen molar-refractivity contribution in [2.45, 2.75) is 38.1 Å². The summed E-state index contributed by atoms with van der Waals surface area (Å²) in [4.78, 5) is 47.2. The van der Waals surface area contributed by atoms with E-state index in [-0.39, 0.29) is 25.1 Å². The van der Waals surface area contributed by atoms with Crippen LogP contribution in [0.4, 0.5) is 5.69 Å². The van der Waals surface area contributed by atoms with Crippen molar-refractivity contribution in [1.29, 1.82) is 0 Å². The minimum absolute atomic E-state index is 0.125. The Morgan fingerprint density at radius 1 is 1.10 bits per heavy atom. The number of esters is 1. The van der Waals surface area contributed by atoms with Crippen molar-refractivity contribution >= 4 is 23.5 Å². The van der Waals surface area contributed by atoms with Gasteiger partial charge in [0.25, 0.3) is 5.69 Å². The van der Waals surface area contributed by atoms with Gasteiger partial charge in [0.15, 0.2) is 0 Å². The van der Waals surface area contributed by atoms with E-state index in [4.69, 9.17) is 10.5 Å². The molecule has 2 atom stereocenters. The molecular weight excluding hydrogens is 402 g/mol. The Kier molecular flexibility index (Phi) is 8.68. The molecule has 2 aromatic carbocycles. The maximum atomic E-state index is 12.5. The molecule has 0 bridgehead atoms. The third-order valence-corrected chi connectivity index (χ3v) is 4.73. The van der Waals surface area contributed by atoms with Crippen LogP contribution in [0, 0.1) is 10.1 Å². The van der Waals surface area contributed by atoms with Gasteiger partial charge < -0.3 is 15.8 Å². The van der Waals surface area contributed by atoms with E-state index in [9.17, 15) is 24.5 Å². The van der Waals surface area contributed by atoms with E-state index in [1.54, 1.807) is 6.92 Å². The highest BCUT2D eigenvalue weighted by Crippen LogP contribution is 2.26. The summed E-state index contributed by atoms with van der Waals surface area (Å²) in [6, 6.07) is 13.6. The van der Waals surface area contributed by atoms with E-state index in [1.807, 2.05) is 30.3 Å². The predicted molar refractivity (Wildman–Crippen MR) is 113 cm³/mol. The lowest BCUT2D eigenvalue weighted by molar-refractivity contribution is -0.384. The van der Waals surface area contributed by atoms with Crippen LogP contribution in [0.15, 0.2) is 54.6 Å². The highest BCUT2D eigenvalue weighted by Gasteiger charge is 2.32. The summed E-state index contributed by atoms with van der Waals surface area (Å²) < 4.78 is 4.98. The molecule has 9 nitrogen and oxygen atoms in total. The first-order chi connectivity index (χ1) is 14.8. The van der Waals surface area contributed by atoms with E-state index >= 15 is 0 Å². The Morgan fingerprint density at radius 2 is 1.74 bits per heavy atom. The molecule has 2 aromatic rings. The number of rotatable bonds is 11. The number of non-ortho nitro benzene ring substituents is 1. The average Bonchev–Trinajstić information content (AvgIpc) is 2.75. The standard InChI is InChI=1S/C22H25N3O6/c1-2-31-20(27)14-18(16-9-11-17(12-10-16)25(29)30)21(22(23)28)24-19(26)13-8-15-6-4-3-5-7-15/h3-7,9-12,18,21H,2,8,13-14H2,1H3,(H2,23,28)(H,24,26)/t18-,21-/m1/s1. The number of nitrogens with two attached hydrogens (primary N) is 1. The number of primary amides is 1. The Morgan fingerprint density at radius 3 is 2.29 bits per heavy atom. The van der Waals surface area contributed by atoms with Gasteiger partial charge in [-0.3, -0.25) is 24.5 Å². The quantitative estimate of drug-likeness (QED) is 0.320. The molecule has 3 N–H and O–H groups in total. The minimum Gasteiger partial charge on any atom is -0.466 e. The van der Waals surface area contributed by atoms with Gasteiger partial charge in [-0.25, -0.2) is 0 Å². The fraction of sp³-hybridized carbons (Fsp3) is 0.318. The molecule has 0 unspecified atom stereocenters. The summed E-state index contributed by atoms with van der Waals surface area (Å²) in [5, 5.41) is 13.5. The van der Waals surface area contributed by atoms with Crippen LogP contribution < -0.4 is 11.1 Å². The van der Waals surface area contributed by atoms with Gasteiger partial charge in [-0.05, 0) is 24.5 Å². The van der Waals surface area contributed by atoms with Gasteiger partial charge in [0.1, 0.15) is 6.04 Å². The topological polar surface area (TPSA) is 142 Å². The van der Waals surface area contributed by atoms with Crippen molar-refractivity contribution in [3.05, 3.63) is 75.8 Å². The van der Waals surface area contributed by atoms with E-state index in [1.165, 1.54) is 24.3 Å². The van der Waals surface area contributed by atoms with Gasteiger partial charge in [-0.2, -0.15) is 0 Å². The molecule has 0 aliphatic rings. The predicted octanol–water partition coefficient (Wildman–Crippen LogP) is 2.23. The van der Waals surface area contributed by atoms with Crippen LogP contribution in [-0.4, -0.2) is 35.4 Å². The van der Waals surface area contributed by atoms with Gasteiger partial charge in [0, 0.05) is 24.5 Å². The SMILES string of the molecule is CCOC(=O)C[C@H](c1ccc([N+](=O)[O-])cc1)[C@@H](NC(=O)CCc1ccccc1)C(N)=O. The first kappa shape index (κ1) is 23.5. The number of amides is 2. The fourth-order valence-electron chi connectivity index (χ4n) is 3.19. The Hall–Kier alpha value is -3.75. The molecule has 0 saturated heterocycles. The number of hydrogen-bond acceptors (Lipinski definition) is 6. The molecule has 2 rings (SSSR count). The van der Waals surface area contributed by atoms with Gasteiger partial charge in [-0.15, -0.1) is 0 Å². The van der Waals surface area contributed by atoms with Crippen LogP contribution in [0.3, 0.4) is 0 Å². The first-order valence-corrected chi connectivity index (χ1v) is 9.84. The molecule has 0 aromatic heterocycles. The molecular formula is C22H25N3O6. The minimum atomic E-state index is -1.19. The normalized spacial score (nSPS) is 12.4. The zero-order valence-electron chi connectivity index (χ0n) is 17.2. The second-order valence-corrected chi connectivity index (χ2v) is 6.90. The smallest absolute Gasteiger partial charge is 0.306 e. The summed E-state index contributed by atoms with van der Waals surface area (Å²) in [6.07, 6.45) is 0.372. The van der Waals surface area contributed by atoms with Gasteiger partial charge in [-0.1, -0.05) is 42.5 Å². The summed E-state index contributed by atoms with van der Waals surface area (Å²) in [5.74, 6) is -2.63. The van der Waals surface area contributed by atoms with E-state index < -0.39 is 34.7 Å². The Balaban J connectivity index is 2.21. The first-order valence-electron chi connectivity index (χ1n) is 9.84. The molecule has 2 amide bonds. The zero-order chi connectivity index (χ0) is 22.8. The molecule has 164 valence electrons. The molecule has 9 heteroatoms. The van der Waals surface area contributed by atoms with Gasteiger partial charge in [0.2, 0.25) is 11.8 Å². The lowest BCUT2D eigenvalue weighted by Crippen LogP contribution is -2.48. The molecule has 0 spiro atoms. The maximum Gasteiger partial charge on any atom is 0.306 e. The molecule has 0 radical (unpaired) electrons. The van der Waals surface area contributed by atoms with Crippen molar-refractivity contribution in [1.82, 2.24) is 5.32 Å². The zero-order valence-corrected chi connectivity index (χ0v) is 17.2. The van der Waals surface area contributed by atoms with Crippen LogP contribution in [0.25, 0.3) is 0 Å². The maximum absolute atomic E-state index is 12.5. The number of nitrogens with one attached hydrogen (secondary N) is 1. The number of ether oxygens (including phenoxy) is 1. The number of nitrogens with zero attached hydrogens (tertiary/aromatic N) is 1. The van der Waals surface area contributed by atoms with Crippen molar-refractivity contribution in [3.63, 3.8) is 0 Å². The number of hydrogen-bond donors (Lipinski definition) is 2. The van der Waals surface area contributed by atoms with E-state index in [2.05, 4.69) is 5.32 Å². The monoisotopic (exact) mass is 427 g/mol. The summed E-state index contributed by atoms with van der Waals surface area (Å²) in [6.45, 7) is 1.80. The average molecular weight is 427 g/mol. The summed E-state index contributed by atoms with van der Waals surface area (Å²) in [7, 11) is 0. The van der Waals surface area contributed by atoms with Crippen LogP contribution in [-0.2, 0) is 25.5 Å². The molecule has 0 fully saturated rings. The Bertz CT molecular complexity index is 915. The lowest BCUT2D eigenvalue weighted by atomic mass is 9.87. The molecule has 0 aliphatic heterocycles. The third kappa shape index (κ3) is 7.22. The Labute approximate surface area is 179 Å². The summed E-state index contributed by atoms with van der Waals surface area (Å²) in [5.41, 5.74) is 6.82. The molecule has 31 heavy (non-hydrogen) atoms. The lowest BCUT2D eigenvalue weighted by Gasteiger charge is -2.25.